The third-order valence-corrected chi connectivity index (χ3v) is 5.51. The standard InChI is InChI=1S/C10H11F7OS/c11-7(3-5-1-2-6(7)19-5)4-8(18,9(12,13)14)10(15,16)17/h5-6,18H,1-4H2. The fourth-order valence-electron chi connectivity index (χ4n) is 2.72. The maximum atomic E-state index is 14.4. The Kier molecular flexibility index (Phi) is 3.33. The zero-order chi connectivity index (χ0) is 14.7. The molecule has 2 fully saturated rings. The van der Waals surface area contributed by atoms with E-state index >= 15 is 0 Å². The molecule has 19 heavy (non-hydrogen) atoms. The van der Waals surface area contributed by atoms with Crippen molar-refractivity contribution >= 4 is 11.8 Å². The molecule has 0 saturated carbocycles. The Labute approximate surface area is 108 Å². The predicted octanol–water partition coefficient (Wildman–Crippen LogP) is 3.61. The number of alkyl halides is 7. The number of rotatable bonds is 2. The van der Waals surface area contributed by atoms with E-state index in [4.69, 9.17) is 5.11 Å². The zero-order valence-electron chi connectivity index (χ0n) is 9.48. The van der Waals surface area contributed by atoms with Crippen LogP contribution in [0.2, 0.25) is 0 Å². The van der Waals surface area contributed by atoms with Gasteiger partial charge in [-0.05, 0) is 19.3 Å². The summed E-state index contributed by atoms with van der Waals surface area (Å²) >= 11 is 1.08. The van der Waals surface area contributed by atoms with E-state index in [0.717, 1.165) is 11.8 Å². The normalized spacial score (nSPS) is 36.0. The summed E-state index contributed by atoms with van der Waals surface area (Å²) in [7, 11) is 0. The molecule has 2 rings (SSSR count). The molecule has 0 aromatic carbocycles. The highest BCUT2D eigenvalue weighted by molar-refractivity contribution is 8.01. The first kappa shape index (κ1) is 15.2. The minimum Gasteiger partial charge on any atom is -0.374 e. The van der Waals surface area contributed by atoms with Crippen LogP contribution in [0.4, 0.5) is 30.7 Å². The summed E-state index contributed by atoms with van der Waals surface area (Å²) in [4.78, 5) is 0. The van der Waals surface area contributed by atoms with Gasteiger partial charge in [0.25, 0.3) is 5.60 Å². The number of hydrogen-bond acceptors (Lipinski definition) is 2. The highest BCUT2D eigenvalue weighted by atomic mass is 32.2. The van der Waals surface area contributed by atoms with Gasteiger partial charge in [0.05, 0.1) is 0 Å². The van der Waals surface area contributed by atoms with E-state index in [9.17, 15) is 30.7 Å². The molecule has 3 unspecified atom stereocenters. The second-order valence-corrected chi connectivity index (χ2v) is 6.60. The molecule has 0 aromatic heterocycles. The summed E-state index contributed by atoms with van der Waals surface area (Å²) in [5.41, 5.74) is -7.60. The summed E-state index contributed by atoms with van der Waals surface area (Å²) in [6, 6.07) is 0. The summed E-state index contributed by atoms with van der Waals surface area (Å²) in [5.74, 6) is 0. The molecule has 1 N–H and O–H groups in total. The Morgan fingerprint density at radius 1 is 1.05 bits per heavy atom. The van der Waals surface area contributed by atoms with Crippen LogP contribution in [0.25, 0.3) is 0 Å². The van der Waals surface area contributed by atoms with Gasteiger partial charge in [-0.2, -0.15) is 38.1 Å². The van der Waals surface area contributed by atoms with Crippen molar-refractivity contribution in [3.05, 3.63) is 0 Å². The molecular weight excluding hydrogens is 301 g/mol. The Morgan fingerprint density at radius 3 is 1.89 bits per heavy atom. The molecule has 0 radical (unpaired) electrons. The fourth-order valence-corrected chi connectivity index (χ4v) is 4.52. The molecule has 2 aliphatic rings. The average molecular weight is 312 g/mol. The van der Waals surface area contributed by atoms with Crippen LogP contribution in [0.5, 0.6) is 0 Å². The molecule has 2 aliphatic heterocycles. The number of halogens is 7. The third-order valence-electron chi connectivity index (χ3n) is 3.74. The second kappa shape index (κ2) is 4.16. The minimum absolute atomic E-state index is 0.248. The second-order valence-electron chi connectivity index (χ2n) is 5.10. The molecule has 1 nitrogen and oxygen atoms in total. The summed E-state index contributed by atoms with van der Waals surface area (Å²) in [5, 5.41) is 7.89. The molecule has 0 spiro atoms. The molecule has 0 amide bonds. The van der Waals surface area contributed by atoms with Gasteiger partial charge in [0, 0.05) is 16.9 Å². The minimum atomic E-state index is -5.95. The third kappa shape index (κ3) is 2.32. The first-order chi connectivity index (χ1) is 8.39. The van der Waals surface area contributed by atoms with Crippen molar-refractivity contribution in [3.63, 3.8) is 0 Å². The van der Waals surface area contributed by atoms with E-state index in [1.54, 1.807) is 0 Å². The van der Waals surface area contributed by atoms with E-state index in [-0.39, 0.29) is 18.1 Å². The average Bonchev–Trinajstić information content (AvgIpc) is 2.72. The predicted molar refractivity (Wildman–Crippen MR) is 54.5 cm³/mol. The van der Waals surface area contributed by atoms with Gasteiger partial charge in [-0.25, -0.2) is 4.39 Å². The lowest BCUT2D eigenvalue weighted by molar-refractivity contribution is -0.376. The molecule has 0 aliphatic carbocycles. The fraction of sp³-hybridized carbons (Fsp3) is 1.00. The van der Waals surface area contributed by atoms with E-state index in [1.165, 1.54) is 0 Å². The first-order valence-corrected chi connectivity index (χ1v) is 6.53. The van der Waals surface area contributed by atoms with Crippen molar-refractivity contribution in [2.45, 2.75) is 59.8 Å². The SMILES string of the molecule is OC(CC1(F)CC2CCC1S2)(C(F)(F)F)C(F)(F)F. The van der Waals surface area contributed by atoms with Gasteiger partial charge >= 0.3 is 12.4 Å². The molecule has 2 saturated heterocycles. The van der Waals surface area contributed by atoms with Gasteiger partial charge < -0.3 is 5.11 Å². The van der Waals surface area contributed by atoms with Crippen LogP contribution in [0.1, 0.15) is 25.7 Å². The van der Waals surface area contributed by atoms with Gasteiger partial charge in [0.1, 0.15) is 5.67 Å². The molecule has 9 heteroatoms. The largest absolute Gasteiger partial charge is 0.426 e. The van der Waals surface area contributed by atoms with Crippen LogP contribution in [-0.2, 0) is 0 Å². The van der Waals surface area contributed by atoms with Crippen molar-refractivity contribution in [3.8, 4) is 0 Å². The summed E-state index contributed by atoms with van der Waals surface area (Å²) in [6.07, 6.45) is -13.4. The molecular formula is C10H11F7OS. The van der Waals surface area contributed by atoms with Crippen LogP contribution < -0.4 is 0 Å². The number of thioether (sulfide) groups is 1. The van der Waals surface area contributed by atoms with Crippen molar-refractivity contribution in [1.29, 1.82) is 0 Å². The number of aliphatic hydroxyl groups is 1. The monoisotopic (exact) mass is 312 g/mol. The summed E-state index contributed by atoms with van der Waals surface area (Å²) < 4.78 is 89.5. The lowest BCUT2D eigenvalue weighted by Gasteiger charge is -2.39. The lowest BCUT2D eigenvalue weighted by atomic mass is 9.77. The zero-order valence-corrected chi connectivity index (χ0v) is 10.3. The van der Waals surface area contributed by atoms with Crippen LogP contribution in [0.3, 0.4) is 0 Å². The molecule has 2 heterocycles. The van der Waals surface area contributed by atoms with Gasteiger partial charge in [-0.1, -0.05) is 0 Å². The lowest BCUT2D eigenvalue weighted by Crippen LogP contribution is -2.61. The summed E-state index contributed by atoms with van der Waals surface area (Å²) in [6.45, 7) is 0. The van der Waals surface area contributed by atoms with Crippen molar-refractivity contribution in [2.75, 3.05) is 0 Å². The van der Waals surface area contributed by atoms with Crippen LogP contribution in [-0.4, -0.2) is 39.2 Å². The van der Waals surface area contributed by atoms with Gasteiger partial charge in [0.15, 0.2) is 0 Å². The number of fused-ring (bicyclic) bond motifs is 2. The smallest absolute Gasteiger partial charge is 0.374 e. The Hall–Kier alpha value is -0.180. The van der Waals surface area contributed by atoms with Crippen molar-refractivity contribution < 1.29 is 35.8 Å². The van der Waals surface area contributed by atoms with Gasteiger partial charge in [-0.3, -0.25) is 0 Å². The molecule has 112 valence electrons. The number of hydrogen-bond donors (Lipinski definition) is 1. The quantitative estimate of drug-likeness (QED) is 0.786. The first-order valence-electron chi connectivity index (χ1n) is 5.59. The van der Waals surface area contributed by atoms with E-state index in [2.05, 4.69) is 0 Å². The molecule has 0 aromatic rings. The van der Waals surface area contributed by atoms with Crippen LogP contribution in [0, 0.1) is 0 Å². The topological polar surface area (TPSA) is 20.2 Å². The maximum absolute atomic E-state index is 14.4. The maximum Gasteiger partial charge on any atom is 0.426 e. The van der Waals surface area contributed by atoms with E-state index < -0.39 is 35.3 Å². The Morgan fingerprint density at radius 2 is 1.58 bits per heavy atom. The molecule has 2 bridgehead atoms. The van der Waals surface area contributed by atoms with Crippen molar-refractivity contribution in [1.82, 2.24) is 0 Å². The van der Waals surface area contributed by atoms with Gasteiger partial charge in [0.2, 0.25) is 0 Å². The van der Waals surface area contributed by atoms with Crippen LogP contribution >= 0.6 is 11.8 Å². The Balaban J connectivity index is 2.28. The van der Waals surface area contributed by atoms with E-state index in [1.807, 2.05) is 0 Å². The van der Waals surface area contributed by atoms with Gasteiger partial charge in [-0.15, -0.1) is 0 Å². The van der Waals surface area contributed by atoms with Crippen molar-refractivity contribution in [2.24, 2.45) is 0 Å². The van der Waals surface area contributed by atoms with Crippen LogP contribution in [0.15, 0.2) is 0 Å². The highest BCUT2D eigenvalue weighted by Crippen LogP contribution is 2.59. The van der Waals surface area contributed by atoms with E-state index in [0.29, 0.717) is 6.42 Å². The Bertz CT molecular complexity index is 352. The highest BCUT2D eigenvalue weighted by Gasteiger charge is 2.74. The molecule has 3 atom stereocenters.